The maximum absolute atomic E-state index is 13.1. The maximum atomic E-state index is 13.1. The van der Waals surface area contributed by atoms with Crippen molar-refractivity contribution in [1.82, 2.24) is 9.78 Å². The highest BCUT2D eigenvalue weighted by atomic mass is 35.5. The summed E-state index contributed by atoms with van der Waals surface area (Å²) < 4.78 is 46.2. The van der Waals surface area contributed by atoms with Crippen LogP contribution in [0.3, 0.4) is 0 Å². The van der Waals surface area contributed by atoms with E-state index in [1.807, 2.05) is 0 Å². The monoisotopic (exact) mass is 508 g/mol. The first-order valence-corrected chi connectivity index (χ1v) is 11.1. The number of nitro groups is 1. The molecule has 0 saturated heterocycles. The van der Waals surface area contributed by atoms with E-state index in [2.05, 4.69) is 10.4 Å². The summed E-state index contributed by atoms with van der Waals surface area (Å²) in [4.78, 5) is 23.3. The largest absolute Gasteiger partial charge is 0.457 e. The summed E-state index contributed by atoms with van der Waals surface area (Å²) in [5.41, 5.74) is -0.0159. The van der Waals surface area contributed by atoms with Crippen molar-refractivity contribution in [3.63, 3.8) is 0 Å². The standard InChI is InChI=1S/C23H20ClF3N4O4/c1-13-8-15(24)4-5-20(13)35-18-10-16(9-17(11-18)31(33)34)28-22(32)6-7-30-19(14-2-3-14)12-21(29-30)23(25,26)27/h4-5,8-12,14H,2-3,6-7H2,1H3,(H,28,32). The number of nitrogens with one attached hydrogen (secondary N) is 1. The second-order valence-corrected chi connectivity index (χ2v) is 8.67. The molecule has 1 aliphatic carbocycles. The smallest absolute Gasteiger partial charge is 0.435 e. The zero-order valence-corrected chi connectivity index (χ0v) is 19.2. The van der Waals surface area contributed by atoms with Crippen LogP contribution in [0.2, 0.25) is 5.02 Å². The average Bonchev–Trinajstić information content (AvgIpc) is 3.51. The lowest BCUT2D eigenvalue weighted by Crippen LogP contribution is -2.16. The van der Waals surface area contributed by atoms with E-state index in [1.165, 1.54) is 22.9 Å². The van der Waals surface area contributed by atoms with E-state index in [9.17, 15) is 28.1 Å². The Labute approximate surface area is 202 Å². The number of halogens is 4. The second kappa shape index (κ2) is 9.57. The van der Waals surface area contributed by atoms with Crippen LogP contribution in [0.25, 0.3) is 0 Å². The molecule has 184 valence electrons. The highest BCUT2D eigenvalue weighted by Gasteiger charge is 2.37. The summed E-state index contributed by atoms with van der Waals surface area (Å²) in [5, 5.41) is 18.1. The van der Waals surface area contributed by atoms with E-state index in [1.54, 1.807) is 25.1 Å². The molecule has 0 atom stereocenters. The Bertz CT molecular complexity index is 1290. The van der Waals surface area contributed by atoms with E-state index in [-0.39, 0.29) is 36.0 Å². The first-order chi connectivity index (χ1) is 16.5. The third kappa shape index (κ3) is 6.10. The number of ether oxygens (including phenoxy) is 1. The summed E-state index contributed by atoms with van der Waals surface area (Å²) in [7, 11) is 0. The highest BCUT2D eigenvalue weighted by molar-refractivity contribution is 6.30. The SMILES string of the molecule is Cc1cc(Cl)ccc1Oc1cc(NC(=O)CCn2nc(C(F)(F)F)cc2C2CC2)cc([N+](=O)[O-])c1. The summed E-state index contributed by atoms with van der Waals surface area (Å²) in [6, 6.07) is 9.73. The van der Waals surface area contributed by atoms with Gasteiger partial charge in [-0.15, -0.1) is 0 Å². The quantitative estimate of drug-likeness (QED) is 0.277. The number of nitrogens with zero attached hydrogens (tertiary/aromatic N) is 3. The molecule has 0 bridgehead atoms. The van der Waals surface area contributed by atoms with E-state index < -0.39 is 22.7 Å². The van der Waals surface area contributed by atoms with Crippen LogP contribution >= 0.6 is 11.6 Å². The van der Waals surface area contributed by atoms with Gasteiger partial charge in [-0.1, -0.05) is 11.6 Å². The number of amides is 1. The number of anilines is 1. The number of carbonyl (C=O) groups excluding carboxylic acids is 1. The van der Waals surface area contributed by atoms with Crippen molar-refractivity contribution in [2.75, 3.05) is 5.32 Å². The van der Waals surface area contributed by atoms with E-state index in [0.29, 0.717) is 22.0 Å². The zero-order valence-electron chi connectivity index (χ0n) is 18.4. The van der Waals surface area contributed by atoms with Crippen molar-refractivity contribution < 1.29 is 27.6 Å². The predicted molar refractivity (Wildman–Crippen MR) is 122 cm³/mol. The average molecular weight is 509 g/mol. The third-order valence-corrected chi connectivity index (χ3v) is 5.63. The van der Waals surface area contributed by atoms with Crippen LogP contribution in [-0.4, -0.2) is 20.6 Å². The first kappa shape index (κ1) is 24.5. The van der Waals surface area contributed by atoms with Gasteiger partial charge in [0.25, 0.3) is 5.69 Å². The lowest BCUT2D eigenvalue weighted by Gasteiger charge is -2.12. The lowest BCUT2D eigenvalue weighted by molar-refractivity contribution is -0.384. The van der Waals surface area contributed by atoms with Crippen LogP contribution in [-0.2, 0) is 17.5 Å². The number of hydrogen-bond acceptors (Lipinski definition) is 5. The molecule has 1 aliphatic rings. The molecule has 0 unspecified atom stereocenters. The number of nitro benzene ring substituents is 1. The predicted octanol–water partition coefficient (Wildman–Crippen LogP) is 6.47. The number of alkyl halides is 3. The van der Waals surface area contributed by atoms with Gasteiger partial charge in [-0.25, -0.2) is 0 Å². The van der Waals surface area contributed by atoms with Gasteiger partial charge in [-0.3, -0.25) is 19.6 Å². The van der Waals surface area contributed by atoms with Crippen LogP contribution in [0, 0.1) is 17.0 Å². The maximum Gasteiger partial charge on any atom is 0.435 e. The van der Waals surface area contributed by atoms with E-state index >= 15 is 0 Å². The van der Waals surface area contributed by atoms with Gasteiger partial charge in [0.1, 0.15) is 11.5 Å². The van der Waals surface area contributed by atoms with Gasteiger partial charge < -0.3 is 10.1 Å². The van der Waals surface area contributed by atoms with Gasteiger partial charge in [0.05, 0.1) is 16.7 Å². The molecule has 1 saturated carbocycles. The Hall–Kier alpha value is -3.60. The molecule has 0 spiro atoms. The molecule has 12 heteroatoms. The topological polar surface area (TPSA) is 99.3 Å². The van der Waals surface area contributed by atoms with Crippen LogP contribution in [0.15, 0.2) is 42.5 Å². The molecule has 1 N–H and O–H groups in total. The van der Waals surface area contributed by atoms with Crippen molar-refractivity contribution in [2.24, 2.45) is 0 Å². The molecule has 1 heterocycles. The number of aromatic nitrogens is 2. The Kier molecular flexibility index (Phi) is 6.70. The van der Waals surface area contributed by atoms with Crippen molar-refractivity contribution in [3.05, 3.63) is 74.6 Å². The summed E-state index contributed by atoms with van der Waals surface area (Å²) >= 11 is 5.94. The van der Waals surface area contributed by atoms with Crippen molar-refractivity contribution in [3.8, 4) is 11.5 Å². The fourth-order valence-corrected chi connectivity index (χ4v) is 3.79. The highest BCUT2D eigenvalue weighted by Crippen LogP contribution is 2.42. The summed E-state index contributed by atoms with van der Waals surface area (Å²) in [5.74, 6) is 0.0242. The van der Waals surface area contributed by atoms with Crippen LogP contribution in [0.4, 0.5) is 24.5 Å². The number of hydrogen-bond donors (Lipinski definition) is 1. The van der Waals surface area contributed by atoms with E-state index in [0.717, 1.165) is 18.9 Å². The van der Waals surface area contributed by atoms with E-state index in [4.69, 9.17) is 16.3 Å². The van der Waals surface area contributed by atoms with Gasteiger partial charge >= 0.3 is 6.18 Å². The Morgan fingerprint density at radius 2 is 2.00 bits per heavy atom. The molecular formula is C23H20ClF3N4O4. The van der Waals surface area contributed by atoms with Gasteiger partial charge in [0.2, 0.25) is 5.91 Å². The van der Waals surface area contributed by atoms with Crippen molar-refractivity contribution in [1.29, 1.82) is 0 Å². The molecule has 1 fully saturated rings. The van der Waals surface area contributed by atoms with Crippen LogP contribution < -0.4 is 10.1 Å². The third-order valence-electron chi connectivity index (χ3n) is 5.40. The minimum Gasteiger partial charge on any atom is -0.457 e. The first-order valence-electron chi connectivity index (χ1n) is 10.7. The Morgan fingerprint density at radius 3 is 2.63 bits per heavy atom. The molecule has 2 aromatic carbocycles. The minimum atomic E-state index is -4.57. The lowest BCUT2D eigenvalue weighted by atomic mass is 10.2. The van der Waals surface area contributed by atoms with Crippen LogP contribution in [0.5, 0.6) is 11.5 Å². The summed E-state index contributed by atoms with van der Waals surface area (Å²) in [6.45, 7) is 1.70. The number of carbonyl (C=O) groups is 1. The number of non-ortho nitro benzene ring substituents is 1. The Balaban J connectivity index is 1.48. The normalized spacial score (nSPS) is 13.5. The molecule has 1 amide bonds. The minimum absolute atomic E-state index is 0.00876. The fraction of sp³-hybridized carbons (Fsp3) is 0.304. The molecule has 1 aromatic heterocycles. The van der Waals surface area contributed by atoms with Gasteiger partial charge in [0.15, 0.2) is 5.69 Å². The number of aryl methyl sites for hydroxylation is 2. The molecule has 35 heavy (non-hydrogen) atoms. The Morgan fingerprint density at radius 1 is 1.26 bits per heavy atom. The van der Waals surface area contributed by atoms with Crippen molar-refractivity contribution in [2.45, 2.75) is 44.8 Å². The van der Waals surface area contributed by atoms with Gasteiger partial charge in [-0.2, -0.15) is 18.3 Å². The number of rotatable bonds is 8. The molecule has 3 aromatic rings. The molecule has 0 radical (unpaired) electrons. The fourth-order valence-electron chi connectivity index (χ4n) is 3.56. The molecule has 8 nitrogen and oxygen atoms in total. The molecular weight excluding hydrogens is 489 g/mol. The second-order valence-electron chi connectivity index (χ2n) is 8.23. The summed E-state index contributed by atoms with van der Waals surface area (Å²) in [6.07, 6.45) is -3.19. The number of benzene rings is 2. The van der Waals surface area contributed by atoms with Crippen LogP contribution in [0.1, 0.15) is 42.1 Å². The van der Waals surface area contributed by atoms with Gasteiger partial charge in [0, 0.05) is 41.7 Å². The van der Waals surface area contributed by atoms with Crippen molar-refractivity contribution >= 4 is 28.9 Å². The zero-order chi connectivity index (χ0) is 25.3. The molecule has 0 aliphatic heterocycles. The molecule has 4 rings (SSSR count). The van der Waals surface area contributed by atoms with Gasteiger partial charge in [-0.05, 0) is 49.6 Å².